The molecule has 3 rings (SSSR count). The molecule has 0 amide bonds. The Morgan fingerprint density at radius 1 is 1.06 bits per heavy atom. The summed E-state index contributed by atoms with van der Waals surface area (Å²) >= 11 is 1.35. The largest absolute Gasteiger partial charge is 0.392 e. The van der Waals surface area contributed by atoms with Crippen LogP contribution in [0.1, 0.15) is 5.56 Å². The van der Waals surface area contributed by atoms with E-state index in [9.17, 15) is 4.79 Å². The zero-order valence-electron chi connectivity index (χ0n) is 9.51. The van der Waals surface area contributed by atoms with Crippen molar-refractivity contribution in [3.63, 3.8) is 0 Å². The van der Waals surface area contributed by atoms with Gasteiger partial charge in [-0.2, -0.15) is 0 Å². The van der Waals surface area contributed by atoms with E-state index in [1.807, 2.05) is 42.5 Å². The van der Waals surface area contributed by atoms with Gasteiger partial charge in [0.2, 0.25) is 0 Å². The zero-order chi connectivity index (χ0) is 12.5. The number of aliphatic hydroxyl groups excluding tert-OH is 1. The maximum Gasteiger partial charge on any atom is 0.265 e. The minimum Gasteiger partial charge on any atom is -0.392 e. The minimum absolute atomic E-state index is 0.0381. The van der Waals surface area contributed by atoms with E-state index in [1.165, 1.54) is 11.5 Å². The first-order valence-electron chi connectivity index (χ1n) is 5.59. The van der Waals surface area contributed by atoms with Crippen LogP contribution >= 0.6 is 11.5 Å². The van der Waals surface area contributed by atoms with Gasteiger partial charge in [-0.15, -0.1) is 0 Å². The number of hydrogen-bond donors (Lipinski definition) is 2. The third kappa shape index (κ3) is 1.85. The first-order valence-corrected chi connectivity index (χ1v) is 6.41. The number of aromatic nitrogens is 1. The third-order valence-corrected chi connectivity index (χ3v) is 3.81. The number of fused-ring (bicyclic) bond motifs is 1. The molecular formula is C14H11NO2S. The van der Waals surface area contributed by atoms with Crippen molar-refractivity contribution in [1.82, 2.24) is 4.37 Å². The highest BCUT2D eigenvalue weighted by Crippen LogP contribution is 2.24. The van der Waals surface area contributed by atoms with Crippen molar-refractivity contribution < 1.29 is 5.11 Å². The summed E-state index contributed by atoms with van der Waals surface area (Å²) in [6, 6.07) is 13.5. The molecule has 0 aliphatic rings. The second-order valence-corrected chi connectivity index (χ2v) is 4.95. The molecule has 18 heavy (non-hydrogen) atoms. The average Bonchev–Trinajstić information content (AvgIpc) is 2.80. The van der Waals surface area contributed by atoms with Crippen LogP contribution in [0.15, 0.2) is 47.3 Å². The molecule has 0 aliphatic heterocycles. The van der Waals surface area contributed by atoms with Gasteiger partial charge in [0, 0.05) is 0 Å². The van der Waals surface area contributed by atoms with Crippen molar-refractivity contribution >= 4 is 21.6 Å². The van der Waals surface area contributed by atoms with Crippen molar-refractivity contribution in [2.24, 2.45) is 0 Å². The summed E-state index contributed by atoms with van der Waals surface area (Å²) < 4.78 is 3.69. The molecule has 0 saturated heterocycles. The molecule has 0 unspecified atom stereocenters. The van der Waals surface area contributed by atoms with E-state index in [1.54, 1.807) is 0 Å². The second-order valence-electron chi connectivity index (χ2n) is 4.10. The smallest absolute Gasteiger partial charge is 0.265 e. The lowest BCUT2D eigenvalue weighted by Gasteiger charge is -2.02. The van der Waals surface area contributed by atoms with Crippen molar-refractivity contribution in [2.45, 2.75) is 6.61 Å². The Kier molecular flexibility index (Phi) is 2.74. The first-order chi connectivity index (χ1) is 8.78. The number of aliphatic hydroxyl groups is 1. The van der Waals surface area contributed by atoms with Crippen LogP contribution in [-0.4, -0.2) is 9.48 Å². The summed E-state index contributed by atoms with van der Waals surface area (Å²) in [6.45, 7) is 0.0452. The van der Waals surface area contributed by atoms with Gasteiger partial charge in [0.25, 0.3) is 5.56 Å². The lowest BCUT2D eigenvalue weighted by Crippen LogP contribution is -1.96. The number of nitrogens with one attached hydrogen (secondary N) is 1. The number of benzene rings is 2. The van der Waals surface area contributed by atoms with Crippen LogP contribution in [0.4, 0.5) is 0 Å². The fourth-order valence-corrected chi connectivity index (χ4v) is 2.65. The molecule has 1 heterocycles. The number of H-pyrrole nitrogens is 1. The fourth-order valence-electron chi connectivity index (χ4n) is 1.93. The Bertz CT molecular complexity index is 740. The molecule has 0 radical (unpaired) electrons. The molecule has 2 aromatic carbocycles. The molecule has 0 fully saturated rings. The molecule has 90 valence electrons. The first kappa shape index (κ1) is 11.2. The molecule has 0 aliphatic carbocycles. The molecule has 4 heteroatoms. The van der Waals surface area contributed by atoms with Crippen molar-refractivity contribution in [1.29, 1.82) is 0 Å². The maximum atomic E-state index is 11.6. The van der Waals surface area contributed by atoms with Crippen LogP contribution in [-0.2, 0) is 6.61 Å². The average molecular weight is 257 g/mol. The lowest BCUT2D eigenvalue weighted by atomic mass is 10.0. The van der Waals surface area contributed by atoms with Crippen LogP contribution in [0, 0.1) is 0 Å². The van der Waals surface area contributed by atoms with Gasteiger partial charge < -0.3 is 5.11 Å². The molecule has 3 nitrogen and oxygen atoms in total. The van der Waals surface area contributed by atoms with Gasteiger partial charge >= 0.3 is 0 Å². The van der Waals surface area contributed by atoms with Crippen molar-refractivity contribution in [2.75, 3.05) is 0 Å². The van der Waals surface area contributed by atoms with Crippen molar-refractivity contribution in [3.05, 3.63) is 58.4 Å². The number of hydrogen-bond acceptors (Lipinski definition) is 3. The number of rotatable bonds is 2. The number of aromatic amines is 1. The van der Waals surface area contributed by atoms with E-state index in [2.05, 4.69) is 4.37 Å². The molecule has 0 saturated carbocycles. The Hall–Kier alpha value is -1.91. The monoisotopic (exact) mass is 257 g/mol. The highest BCUT2D eigenvalue weighted by atomic mass is 32.1. The Morgan fingerprint density at radius 2 is 1.78 bits per heavy atom. The van der Waals surface area contributed by atoms with E-state index in [4.69, 9.17) is 5.11 Å². The predicted octanol–water partition coefficient (Wildman–Crippen LogP) is 2.75. The fraction of sp³-hybridized carbons (Fsp3) is 0.0714. The molecule has 0 atom stereocenters. The second kappa shape index (κ2) is 4.40. The van der Waals surface area contributed by atoms with Gasteiger partial charge in [-0.1, -0.05) is 41.9 Å². The quantitative estimate of drug-likeness (QED) is 0.741. The van der Waals surface area contributed by atoms with Crippen LogP contribution in [0.25, 0.3) is 21.2 Å². The molecule has 0 bridgehead atoms. The highest BCUT2D eigenvalue weighted by Gasteiger charge is 2.04. The molecule has 0 spiro atoms. The van der Waals surface area contributed by atoms with E-state index in [0.717, 1.165) is 26.8 Å². The summed E-state index contributed by atoms with van der Waals surface area (Å²) in [5.41, 5.74) is 2.90. The summed E-state index contributed by atoms with van der Waals surface area (Å²) in [5.74, 6) is 0. The molecule has 1 aromatic heterocycles. The van der Waals surface area contributed by atoms with Crippen LogP contribution < -0.4 is 5.56 Å². The van der Waals surface area contributed by atoms with E-state index in [-0.39, 0.29) is 12.2 Å². The standard InChI is InChI=1S/C14H11NO2S/c16-8-9-1-3-10(4-2-9)11-5-6-13-12(7-11)14(17)15-18-13/h1-7,16H,8H2,(H,15,17). The Balaban J connectivity index is 2.12. The summed E-state index contributed by atoms with van der Waals surface area (Å²) in [4.78, 5) is 11.6. The van der Waals surface area contributed by atoms with Gasteiger partial charge in [0.1, 0.15) is 0 Å². The van der Waals surface area contributed by atoms with Gasteiger partial charge in [-0.05, 0) is 28.8 Å². The topological polar surface area (TPSA) is 53.1 Å². The molecule has 3 aromatic rings. The molecular weight excluding hydrogens is 246 g/mol. The minimum atomic E-state index is -0.0381. The molecule has 2 N–H and O–H groups in total. The van der Waals surface area contributed by atoms with Crippen molar-refractivity contribution in [3.8, 4) is 11.1 Å². The highest BCUT2D eigenvalue weighted by molar-refractivity contribution is 7.13. The van der Waals surface area contributed by atoms with Crippen LogP contribution in [0.5, 0.6) is 0 Å². The Labute approximate surface area is 107 Å². The van der Waals surface area contributed by atoms with E-state index in [0.29, 0.717) is 0 Å². The summed E-state index contributed by atoms with van der Waals surface area (Å²) in [5, 5.41) is 9.73. The van der Waals surface area contributed by atoms with E-state index >= 15 is 0 Å². The van der Waals surface area contributed by atoms with E-state index < -0.39 is 0 Å². The third-order valence-electron chi connectivity index (χ3n) is 2.95. The van der Waals surface area contributed by atoms with Gasteiger partial charge in [-0.3, -0.25) is 9.17 Å². The Morgan fingerprint density at radius 3 is 2.50 bits per heavy atom. The summed E-state index contributed by atoms with van der Waals surface area (Å²) in [7, 11) is 0. The van der Waals surface area contributed by atoms with Gasteiger partial charge in [-0.25, -0.2) is 0 Å². The SMILES string of the molecule is O=c1[nH]sc2ccc(-c3ccc(CO)cc3)cc12. The normalized spacial score (nSPS) is 10.9. The van der Waals surface area contributed by atoms with Gasteiger partial charge in [0.15, 0.2) is 0 Å². The van der Waals surface area contributed by atoms with Gasteiger partial charge in [0.05, 0.1) is 16.7 Å². The lowest BCUT2D eigenvalue weighted by molar-refractivity contribution is 0.282. The maximum absolute atomic E-state index is 11.6. The van der Waals surface area contributed by atoms with Crippen LogP contribution in [0.2, 0.25) is 0 Å². The predicted molar refractivity (Wildman–Crippen MR) is 73.8 cm³/mol. The van der Waals surface area contributed by atoms with Crippen LogP contribution in [0.3, 0.4) is 0 Å². The summed E-state index contributed by atoms with van der Waals surface area (Å²) in [6.07, 6.45) is 0. The zero-order valence-corrected chi connectivity index (χ0v) is 10.3.